The summed E-state index contributed by atoms with van der Waals surface area (Å²) in [7, 11) is 6.18. The van der Waals surface area contributed by atoms with Crippen molar-refractivity contribution in [2.45, 2.75) is 6.04 Å². The molecule has 1 unspecified atom stereocenters. The molecule has 0 aliphatic heterocycles. The maximum absolute atomic E-state index is 12.9. The molecule has 2 heterocycles. The van der Waals surface area contributed by atoms with Crippen LogP contribution in [-0.4, -0.2) is 31.7 Å². The molecule has 146 valence electrons. The fourth-order valence-corrected chi connectivity index (χ4v) is 2.93. The summed E-state index contributed by atoms with van der Waals surface area (Å²) in [4.78, 5) is 41.4. The number of carbonyl (C=O) groups excluding carboxylic acids is 1. The molecule has 9 nitrogen and oxygen atoms in total. The molecule has 1 aromatic carbocycles. The number of aromatic nitrogens is 4. The molecule has 3 aromatic rings. The number of carbonyl (C=O) groups is 1. The first kappa shape index (κ1) is 19.2. The number of ether oxygens (including phenoxy) is 1. The first-order chi connectivity index (χ1) is 13.3. The van der Waals surface area contributed by atoms with Gasteiger partial charge in [-0.3, -0.25) is 18.7 Å². The summed E-state index contributed by atoms with van der Waals surface area (Å²) < 4.78 is 9.14. The van der Waals surface area contributed by atoms with E-state index in [0.29, 0.717) is 11.6 Å². The Morgan fingerprint density at radius 2 is 1.89 bits per heavy atom. The van der Waals surface area contributed by atoms with Gasteiger partial charge in [0.25, 0.3) is 11.5 Å². The topological polar surface area (TPSA) is 100 Å². The minimum Gasteiger partial charge on any atom is -0.497 e. The zero-order valence-electron chi connectivity index (χ0n) is 16.0. The predicted molar refractivity (Wildman–Crippen MR) is 102 cm³/mol. The van der Waals surface area contributed by atoms with E-state index in [1.54, 1.807) is 36.2 Å². The SMILES string of the molecule is COc1cccc(C(NC(=O)c2cc(=O)n(C)c(=O)n2C)c2nccn2C)c1. The number of nitrogens with one attached hydrogen (secondary N) is 1. The van der Waals surface area contributed by atoms with E-state index in [0.717, 1.165) is 20.8 Å². The molecule has 0 bridgehead atoms. The summed E-state index contributed by atoms with van der Waals surface area (Å²) >= 11 is 0. The standard InChI is InChI=1S/C19H21N5O4/c1-22-9-8-20-17(22)16(12-6-5-7-13(10-12)28-4)21-18(26)14-11-15(25)24(3)19(27)23(14)2/h5-11,16H,1-4H3,(H,21,26). The zero-order valence-corrected chi connectivity index (χ0v) is 16.0. The molecule has 1 N–H and O–H groups in total. The summed E-state index contributed by atoms with van der Waals surface area (Å²) in [6, 6.07) is 7.77. The van der Waals surface area contributed by atoms with Crippen LogP contribution in [0.5, 0.6) is 5.75 Å². The van der Waals surface area contributed by atoms with Gasteiger partial charge >= 0.3 is 5.69 Å². The van der Waals surface area contributed by atoms with Gasteiger partial charge in [-0.15, -0.1) is 0 Å². The highest BCUT2D eigenvalue weighted by Gasteiger charge is 2.23. The van der Waals surface area contributed by atoms with Crippen LogP contribution in [0.2, 0.25) is 0 Å². The molecule has 0 fully saturated rings. The third kappa shape index (κ3) is 3.46. The van der Waals surface area contributed by atoms with E-state index in [1.807, 2.05) is 19.2 Å². The van der Waals surface area contributed by atoms with Crippen LogP contribution in [0.3, 0.4) is 0 Å². The van der Waals surface area contributed by atoms with Gasteiger partial charge in [0, 0.05) is 39.6 Å². The van der Waals surface area contributed by atoms with Crippen molar-refractivity contribution in [1.29, 1.82) is 0 Å². The van der Waals surface area contributed by atoms with Crippen molar-refractivity contribution in [3.63, 3.8) is 0 Å². The fourth-order valence-electron chi connectivity index (χ4n) is 2.93. The number of imidazole rings is 1. The minimum atomic E-state index is -0.609. The van der Waals surface area contributed by atoms with Crippen molar-refractivity contribution in [2.24, 2.45) is 21.1 Å². The van der Waals surface area contributed by atoms with Crippen LogP contribution in [0.25, 0.3) is 0 Å². The van der Waals surface area contributed by atoms with Crippen LogP contribution >= 0.6 is 0 Å². The van der Waals surface area contributed by atoms with Crippen molar-refractivity contribution in [2.75, 3.05) is 7.11 Å². The van der Waals surface area contributed by atoms with Crippen LogP contribution in [0, 0.1) is 0 Å². The molecule has 3 rings (SSSR count). The Morgan fingerprint density at radius 3 is 2.54 bits per heavy atom. The Labute approximate surface area is 160 Å². The molecule has 9 heteroatoms. The van der Waals surface area contributed by atoms with Crippen LogP contribution in [0.15, 0.2) is 52.3 Å². The first-order valence-electron chi connectivity index (χ1n) is 8.52. The lowest BCUT2D eigenvalue weighted by Gasteiger charge is -2.20. The summed E-state index contributed by atoms with van der Waals surface area (Å²) in [6.07, 6.45) is 3.39. The molecule has 0 aliphatic rings. The van der Waals surface area contributed by atoms with Crippen molar-refractivity contribution in [1.82, 2.24) is 24.0 Å². The van der Waals surface area contributed by atoms with E-state index >= 15 is 0 Å². The van der Waals surface area contributed by atoms with Gasteiger partial charge in [0.2, 0.25) is 0 Å². The van der Waals surface area contributed by atoms with Gasteiger partial charge in [-0.25, -0.2) is 9.78 Å². The highest BCUT2D eigenvalue weighted by atomic mass is 16.5. The molecular formula is C19H21N5O4. The van der Waals surface area contributed by atoms with Crippen LogP contribution in [-0.2, 0) is 21.1 Å². The lowest BCUT2D eigenvalue weighted by atomic mass is 10.1. The molecule has 28 heavy (non-hydrogen) atoms. The monoisotopic (exact) mass is 383 g/mol. The second-order valence-electron chi connectivity index (χ2n) is 6.35. The zero-order chi connectivity index (χ0) is 20.4. The number of nitrogens with zero attached hydrogens (tertiary/aromatic N) is 4. The van der Waals surface area contributed by atoms with E-state index < -0.39 is 23.2 Å². The summed E-state index contributed by atoms with van der Waals surface area (Å²) in [5.41, 5.74) is -0.415. The number of benzene rings is 1. The average Bonchev–Trinajstić information content (AvgIpc) is 3.12. The Morgan fingerprint density at radius 1 is 1.14 bits per heavy atom. The van der Waals surface area contributed by atoms with Gasteiger partial charge < -0.3 is 14.6 Å². The normalized spacial score (nSPS) is 11.9. The van der Waals surface area contributed by atoms with E-state index in [4.69, 9.17) is 4.74 Å². The third-order valence-corrected chi connectivity index (χ3v) is 4.58. The van der Waals surface area contributed by atoms with E-state index in [2.05, 4.69) is 10.3 Å². The molecule has 0 saturated heterocycles. The Bertz CT molecular complexity index is 1140. The maximum Gasteiger partial charge on any atom is 0.331 e. The molecule has 0 spiro atoms. The second-order valence-corrected chi connectivity index (χ2v) is 6.35. The van der Waals surface area contributed by atoms with E-state index in [1.165, 1.54) is 14.1 Å². The highest BCUT2D eigenvalue weighted by molar-refractivity contribution is 5.92. The van der Waals surface area contributed by atoms with E-state index in [-0.39, 0.29) is 5.69 Å². The van der Waals surface area contributed by atoms with Crippen LogP contribution in [0.1, 0.15) is 27.9 Å². The second kappa shape index (κ2) is 7.55. The number of rotatable bonds is 5. The van der Waals surface area contributed by atoms with Gasteiger partial charge in [0.05, 0.1) is 7.11 Å². The van der Waals surface area contributed by atoms with Crippen molar-refractivity contribution >= 4 is 5.91 Å². The van der Waals surface area contributed by atoms with Crippen LogP contribution < -0.4 is 21.3 Å². The fraction of sp³-hybridized carbons (Fsp3) is 0.263. The quantitative estimate of drug-likeness (QED) is 0.685. The van der Waals surface area contributed by atoms with Gasteiger partial charge in [0.1, 0.15) is 23.3 Å². The Balaban J connectivity index is 2.06. The first-order valence-corrected chi connectivity index (χ1v) is 8.52. The van der Waals surface area contributed by atoms with Gasteiger partial charge in [-0.2, -0.15) is 0 Å². The number of hydrogen-bond acceptors (Lipinski definition) is 5. The largest absolute Gasteiger partial charge is 0.497 e. The lowest BCUT2D eigenvalue weighted by Crippen LogP contribution is -2.42. The Kier molecular flexibility index (Phi) is 5.16. The van der Waals surface area contributed by atoms with Crippen molar-refractivity contribution in [3.8, 4) is 5.75 Å². The number of aryl methyl sites for hydroxylation is 1. The lowest BCUT2D eigenvalue weighted by molar-refractivity contribution is 0.0930. The molecule has 2 aromatic heterocycles. The number of amides is 1. The molecule has 0 saturated carbocycles. The molecule has 1 amide bonds. The summed E-state index contributed by atoms with van der Waals surface area (Å²) in [5.74, 6) is 0.662. The highest BCUT2D eigenvalue weighted by Crippen LogP contribution is 2.24. The van der Waals surface area contributed by atoms with Crippen LogP contribution in [0.4, 0.5) is 0 Å². The molecule has 0 aliphatic carbocycles. The Hall–Kier alpha value is -3.62. The number of hydrogen-bond donors (Lipinski definition) is 1. The van der Waals surface area contributed by atoms with Gasteiger partial charge in [-0.1, -0.05) is 12.1 Å². The summed E-state index contributed by atoms with van der Waals surface area (Å²) in [5, 5.41) is 2.87. The average molecular weight is 383 g/mol. The number of methoxy groups -OCH3 is 1. The van der Waals surface area contributed by atoms with E-state index in [9.17, 15) is 14.4 Å². The molecular weight excluding hydrogens is 362 g/mol. The maximum atomic E-state index is 12.9. The molecule has 0 radical (unpaired) electrons. The molecule has 1 atom stereocenters. The minimum absolute atomic E-state index is 0.0322. The third-order valence-electron chi connectivity index (χ3n) is 4.58. The summed E-state index contributed by atoms with van der Waals surface area (Å²) in [6.45, 7) is 0. The van der Waals surface area contributed by atoms with Gasteiger partial charge in [-0.05, 0) is 17.7 Å². The smallest absolute Gasteiger partial charge is 0.331 e. The predicted octanol–water partition coefficient (Wildman–Crippen LogP) is 0.345. The van der Waals surface area contributed by atoms with Crippen molar-refractivity contribution < 1.29 is 9.53 Å². The van der Waals surface area contributed by atoms with Gasteiger partial charge in [0.15, 0.2) is 0 Å². The van der Waals surface area contributed by atoms with Crippen molar-refractivity contribution in [3.05, 3.63) is 80.6 Å².